The van der Waals surface area contributed by atoms with E-state index in [4.69, 9.17) is 4.74 Å². The van der Waals surface area contributed by atoms with Crippen LogP contribution >= 0.6 is 0 Å². The normalized spacial score (nSPS) is 11.8. The first-order chi connectivity index (χ1) is 27.3. The molecule has 0 saturated carbocycles. The lowest BCUT2D eigenvalue weighted by Gasteiger charge is -2.29. The molecule has 3 nitrogen and oxygen atoms in total. The number of hydrogen-bond acceptors (Lipinski definition) is 2. The number of ether oxygens (including phenoxy) is 1. The second-order valence-electron chi connectivity index (χ2n) is 14.2. The van der Waals surface area contributed by atoms with E-state index in [9.17, 15) is 0 Å². The van der Waals surface area contributed by atoms with Gasteiger partial charge in [0.2, 0.25) is 0 Å². The van der Waals surface area contributed by atoms with Gasteiger partial charge in [-0.15, -0.1) is 0 Å². The maximum atomic E-state index is 6.75. The van der Waals surface area contributed by atoms with Crippen molar-refractivity contribution in [2.75, 3.05) is 4.90 Å². The van der Waals surface area contributed by atoms with E-state index in [0.29, 0.717) is 0 Å². The minimum atomic E-state index is 0.845. The van der Waals surface area contributed by atoms with Gasteiger partial charge in [-0.2, -0.15) is 0 Å². The second kappa shape index (κ2) is 12.6. The van der Waals surface area contributed by atoms with Crippen LogP contribution in [-0.2, 0) is 0 Å². The van der Waals surface area contributed by atoms with Crippen molar-refractivity contribution in [3.63, 3.8) is 0 Å². The average Bonchev–Trinajstić information content (AvgIpc) is 3.58. The highest BCUT2D eigenvalue weighted by Crippen LogP contribution is 2.50. The molecule has 3 heteroatoms. The van der Waals surface area contributed by atoms with Gasteiger partial charge in [0.05, 0.1) is 11.0 Å². The van der Waals surface area contributed by atoms with Gasteiger partial charge in [0.1, 0.15) is 11.5 Å². The molecule has 0 unspecified atom stereocenters. The van der Waals surface area contributed by atoms with E-state index in [-0.39, 0.29) is 0 Å². The topological polar surface area (TPSA) is 17.4 Å². The highest BCUT2D eigenvalue weighted by Gasteiger charge is 2.24. The molecule has 0 radical (unpaired) electrons. The zero-order valence-electron chi connectivity index (χ0n) is 29.9. The average molecular weight is 703 g/mol. The Hall–Kier alpha value is -7.36. The van der Waals surface area contributed by atoms with Crippen molar-refractivity contribution in [1.29, 1.82) is 0 Å². The molecule has 10 aromatic rings. The van der Waals surface area contributed by atoms with Crippen LogP contribution in [-0.4, -0.2) is 4.57 Å². The molecule has 0 atom stereocenters. The molecule has 258 valence electrons. The monoisotopic (exact) mass is 702 g/mol. The van der Waals surface area contributed by atoms with Crippen molar-refractivity contribution in [3.05, 3.63) is 206 Å². The summed E-state index contributed by atoms with van der Waals surface area (Å²) in [4.78, 5) is 2.39. The third kappa shape index (κ3) is 5.20. The summed E-state index contributed by atoms with van der Waals surface area (Å²) in [6.07, 6.45) is 0. The number of nitrogens with zero attached hydrogens (tertiary/aromatic N) is 2. The van der Waals surface area contributed by atoms with Gasteiger partial charge < -0.3 is 14.2 Å². The summed E-state index contributed by atoms with van der Waals surface area (Å²) in [5.41, 5.74) is 13.6. The third-order valence-corrected chi connectivity index (χ3v) is 10.9. The fourth-order valence-electron chi connectivity index (χ4n) is 8.43. The molecule has 9 aromatic carbocycles. The van der Waals surface area contributed by atoms with E-state index in [1.165, 1.54) is 38.4 Å². The van der Waals surface area contributed by atoms with Crippen LogP contribution in [0, 0.1) is 0 Å². The van der Waals surface area contributed by atoms with Crippen molar-refractivity contribution in [2.24, 2.45) is 0 Å². The minimum Gasteiger partial charge on any atom is -0.456 e. The SMILES string of the molecule is c1ccc(-c2cc(-c3ccccc3)cc(N(c3ccc4c(c3)Oc3cccc5cccc-4c35)c3ccc4c(c3)c3ccccc3n4-c3ccccc3)c2)cc1. The standard InChI is InChI=1S/C52H34N2O/c1-4-14-35(15-5-1)38-30-39(36-16-6-2-7-17-36)32-43(31-38)53(42-26-28-45-46-23-12-18-37-19-13-25-50(52(37)46)55-51(45)34-42)41-27-29-49-47(33-41)44-22-10-11-24-48(44)54(49)40-20-8-3-9-21-40/h1-34H. The number of benzene rings is 9. The first-order valence-corrected chi connectivity index (χ1v) is 18.8. The predicted octanol–water partition coefficient (Wildman–Crippen LogP) is 14.5. The van der Waals surface area contributed by atoms with Crippen molar-refractivity contribution in [2.45, 2.75) is 0 Å². The first kappa shape index (κ1) is 31.2. The summed E-state index contributed by atoms with van der Waals surface area (Å²) in [6, 6.07) is 74.0. The maximum absolute atomic E-state index is 6.75. The Balaban J connectivity index is 1.17. The molecule has 0 N–H and O–H groups in total. The molecule has 1 aromatic heterocycles. The maximum Gasteiger partial charge on any atom is 0.137 e. The molecule has 0 fully saturated rings. The van der Waals surface area contributed by atoms with E-state index in [2.05, 4.69) is 216 Å². The van der Waals surface area contributed by atoms with Gasteiger partial charge in [-0.25, -0.2) is 0 Å². The molecule has 2 heterocycles. The van der Waals surface area contributed by atoms with Crippen LogP contribution in [0.15, 0.2) is 206 Å². The molecular weight excluding hydrogens is 669 g/mol. The molecule has 0 aliphatic carbocycles. The van der Waals surface area contributed by atoms with E-state index in [1.807, 2.05) is 0 Å². The van der Waals surface area contributed by atoms with E-state index in [1.54, 1.807) is 0 Å². The largest absolute Gasteiger partial charge is 0.456 e. The molecular formula is C52H34N2O. The van der Waals surface area contributed by atoms with Crippen LogP contribution in [0.1, 0.15) is 0 Å². The van der Waals surface area contributed by atoms with Gasteiger partial charge in [-0.05, 0) is 106 Å². The molecule has 0 spiro atoms. The molecule has 1 aliphatic heterocycles. The lowest BCUT2D eigenvalue weighted by molar-refractivity contribution is 0.487. The summed E-state index contributed by atoms with van der Waals surface area (Å²) in [5, 5.41) is 4.75. The molecule has 55 heavy (non-hydrogen) atoms. The zero-order chi connectivity index (χ0) is 36.3. The van der Waals surface area contributed by atoms with Crippen molar-refractivity contribution < 1.29 is 4.74 Å². The van der Waals surface area contributed by atoms with Crippen LogP contribution < -0.4 is 9.64 Å². The molecule has 1 aliphatic rings. The van der Waals surface area contributed by atoms with Crippen LogP contribution in [0.3, 0.4) is 0 Å². The van der Waals surface area contributed by atoms with Crippen LogP contribution in [0.4, 0.5) is 17.1 Å². The Kier molecular flexibility index (Phi) is 7.17. The van der Waals surface area contributed by atoms with Gasteiger partial charge >= 0.3 is 0 Å². The first-order valence-electron chi connectivity index (χ1n) is 18.8. The van der Waals surface area contributed by atoms with Crippen LogP contribution in [0.2, 0.25) is 0 Å². The third-order valence-electron chi connectivity index (χ3n) is 10.9. The Labute approximate surface area is 319 Å². The summed E-state index contributed by atoms with van der Waals surface area (Å²) in [7, 11) is 0. The molecule has 0 saturated heterocycles. The van der Waals surface area contributed by atoms with Crippen LogP contribution in [0.25, 0.3) is 71.6 Å². The number of rotatable bonds is 6. The van der Waals surface area contributed by atoms with Gasteiger partial charge in [0.25, 0.3) is 0 Å². The smallest absolute Gasteiger partial charge is 0.137 e. The lowest BCUT2D eigenvalue weighted by Crippen LogP contribution is -2.11. The fourth-order valence-corrected chi connectivity index (χ4v) is 8.43. The number of anilines is 3. The highest BCUT2D eigenvalue weighted by molar-refractivity contribution is 6.11. The number of hydrogen-bond donors (Lipinski definition) is 0. The van der Waals surface area contributed by atoms with E-state index in [0.717, 1.165) is 61.8 Å². The predicted molar refractivity (Wildman–Crippen MR) is 229 cm³/mol. The Morgan fingerprint density at radius 1 is 0.364 bits per heavy atom. The number of para-hydroxylation sites is 2. The van der Waals surface area contributed by atoms with Gasteiger partial charge in [0.15, 0.2) is 0 Å². The summed E-state index contributed by atoms with van der Waals surface area (Å²) in [5.74, 6) is 1.73. The van der Waals surface area contributed by atoms with Gasteiger partial charge in [-0.3, -0.25) is 0 Å². The van der Waals surface area contributed by atoms with Crippen molar-refractivity contribution in [3.8, 4) is 50.6 Å². The highest BCUT2D eigenvalue weighted by atomic mass is 16.5. The van der Waals surface area contributed by atoms with Gasteiger partial charge in [-0.1, -0.05) is 127 Å². The van der Waals surface area contributed by atoms with E-state index >= 15 is 0 Å². The molecule has 11 rings (SSSR count). The Bertz CT molecular complexity index is 2990. The Morgan fingerprint density at radius 2 is 0.982 bits per heavy atom. The quantitative estimate of drug-likeness (QED) is 0.172. The number of fused-ring (bicyclic) bond motifs is 5. The minimum absolute atomic E-state index is 0.845. The van der Waals surface area contributed by atoms with Crippen molar-refractivity contribution >= 4 is 49.6 Å². The lowest BCUT2D eigenvalue weighted by atomic mass is 9.94. The summed E-state index contributed by atoms with van der Waals surface area (Å²) < 4.78 is 9.12. The summed E-state index contributed by atoms with van der Waals surface area (Å²) >= 11 is 0. The van der Waals surface area contributed by atoms with Gasteiger partial charge in [0, 0.05) is 50.5 Å². The summed E-state index contributed by atoms with van der Waals surface area (Å²) in [6.45, 7) is 0. The zero-order valence-corrected chi connectivity index (χ0v) is 29.9. The molecule has 0 amide bonds. The second-order valence-corrected chi connectivity index (χ2v) is 14.2. The Morgan fingerprint density at radius 3 is 1.73 bits per heavy atom. The van der Waals surface area contributed by atoms with Crippen molar-refractivity contribution in [1.82, 2.24) is 4.57 Å². The van der Waals surface area contributed by atoms with Crippen LogP contribution in [0.5, 0.6) is 11.5 Å². The fraction of sp³-hybridized carbons (Fsp3) is 0. The molecule has 0 bridgehead atoms. The number of aromatic nitrogens is 1. The van der Waals surface area contributed by atoms with E-state index < -0.39 is 0 Å².